The average molecular weight is 192 g/mol. The molecule has 75 valence electrons. The third-order valence-corrected chi connectivity index (χ3v) is 3.19. The maximum atomic E-state index is 5.70. The Bertz CT molecular complexity index is 290. The Morgan fingerprint density at radius 2 is 2.29 bits per heavy atom. The van der Waals surface area contributed by atoms with Crippen molar-refractivity contribution in [3.05, 3.63) is 23.9 Å². The van der Waals surface area contributed by atoms with Crippen LogP contribution in [0.25, 0.3) is 0 Å². The molecule has 0 amide bonds. The Morgan fingerprint density at radius 3 is 3.14 bits per heavy atom. The topological polar surface area (TPSA) is 30.5 Å². The van der Waals surface area contributed by atoms with Gasteiger partial charge in [0.2, 0.25) is 0 Å². The van der Waals surface area contributed by atoms with E-state index in [0.29, 0.717) is 6.04 Å². The number of fused-ring (bicyclic) bond motifs is 1. The lowest BCUT2D eigenvalue weighted by molar-refractivity contribution is -0.169. The fourth-order valence-corrected chi connectivity index (χ4v) is 2.46. The molecule has 0 bridgehead atoms. The number of nitrogens with one attached hydrogen (secondary N) is 1. The van der Waals surface area contributed by atoms with Crippen molar-refractivity contribution in [1.82, 2.24) is 5.32 Å². The Balaban J connectivity index is 1.81. The van der Waals surface area contributed by atoms with Crippen molar-refractivity contribution >= 4 is 0 Å². The van der Waals surface area contributed by atoms with Crippen molar-refractivity contribution in [2.24, 2.45) is 0 Å². The third kappa shape index (κ3) is 1.28. The molecule has 0 aromatic rings. The highest BCUT2D eigenvalue weighted by Crippen LogP contribution is 2.39. The molecule has 1 unspecified atom stereocenters. The largest absolute Gasteiger partial charge is 0.384 e. The van der Waals surface area contributed by atoms with E-state index < -0.39 is 0 Å². The standard InChI is InChI=1S/C11H14NO2/c1-2-9-8-11(13-6-7-14-11)4-3-10(9)12-5-1/h2,5,10,12H,3-4,6-8H2. The summed E-state index contributed by atoms with van der Waals surface area (Å²) >= 11 is 0. The lowest BCUT2D eigenvalue weighted by Gasteiger charge is -2.38. The van der Waals surface area contributed by atoms with E-state index in [1.165, 1.54) is 5.57 Å². The van der Waals surface area contributed by atoms with Crippen LogP contribution in [0.5, 0.6) is 0 Å². The number of rotatable bonds is 0. The first-order chi connectivity index (χ1) is 6.88. The first kappa shape index (κ1) is 8.50. The summed E-state index contributed by atoms with van der Waals surface area (Å²) in [5.41, 5.74) is 1.36. The number of hydrogen-bond acceptors (Lipinski definition) is 3. The predicted molar refractivity (Wildman–Crippen MR) is 51.3 cm³/mol. The molecular formula is C11H14NO2. The first-order valence-electron chi connectivity index (χ1n) is 5.19. The summed E-state index contributed by atoms with van der Waals surface area (Å²) in [7, 11) is 0. The van der Waals surface area contributed by atoms with Crippen LogP contribution in [0.1, 0.15) is 19.3 Å². The molecule has 1 saturated carbocycles. The molecule has 1 atom stereocenters. The fourth-order valence-electron chi connectivity index (χ4n) is 2.46. The van der Waals surface area contributed by atoms with Gasteiger partial charge in [-0.15, -0.1) is 0 Å². The second kappa shape index (κ2) is 3.11. The van der Waals surface area contributed by atoms with Gasteiger partial charge < -0.3 is 14.8 Å². The summed E-state index contributed by atoms with van der Waals surface area (Å²) < 4.78 is 11.4. The van der Waals surface area contributed by atoms with Crippen LogP contribution in [0, 0.1) is 6.08 Å². The highest BCUT2D eigenvalue weighted by Gasteiger charge is 2.42. The number of hydrogen-bond donors (Lipinski definition) is 1. The van der Waals surface area contributed by atoms with E-state index in [2.05, 4.69) is 17.5 Å². The van der Waals surface area contributed by atoms with E-state index in [1.807, 2.05) is 6.20 Å². The van der Waals surface area contributed by atoms with Crippen LogP contribution < -0.4 is 5.32 Å². The molecule has 1 spiro atoms. The number of dihydropyridines is 1. The van der Waals surface area contributed by atoms with Gasteiger partial charge in [-0.3, -0.25) is 0 Å². The summed E-state index contributed by atoms with van der Waals surface area (Å²) in [6.45, 7) is 1.48. The minimum atomic E-state index is -0.303. The molecule has 2 fully saturated rings. The second-order valence-electron chi connectivity index (χ2n) is 4.07. The van der Waals surface area contributed by atoms with E-state index in [9.17, 15) is 0 Å². The van der Waals surface area contributed by atoms with Gasteiger partial charge in [0.1, 0.15) is 0 Å². The van der Waals surface area contributed by atoms with E-state index in [-0.39, 0.29) is 5.79 Å². The zero-order valence-corrected chi connectivity index (χ0v) is 8.08. The van der Waals surface area contributed by atoms with Gasteiger partial charge >= 0.3 is 0 Å². The van der Waals surface area contributed by atoms with Gasteiger partial charge in [0.05, 0.1) is 13.2 Å². The van der Waals surface area contributed by atoms with Gasteiger partial charge in [0.15, 0.2) is 5.79 Å². The van der Waals surface area contributed by atoms with Crippen LogP contribution >= 0.6 is 0 Å². The van der Waals surface area contributed by atoms with Gasteiger partial charge in [-0.2, -0.15) is 0 Å². The fraction of sp³-hybridized carbons (Fsp3) is 0.636. The molecule has 1 aliphatic carbocycles. The Kier molecular flexibility index (Phi) is 1.89. The molecule has 3 rings (SSSR count). The van der Waals surface area contributed by atoms with Gasteiger partial charge in [-0.25, -0.2) is 0 Å². The van der Waals surface area contributed by atoms with Crippen LogP contribution in [-0.4, -0.2) is 25.0 Å². The SMILES string of the molecule is [C]1=CNC2CCC3(CC2=C1)OCCO3. The molecule has 1 saturated heterocycles. The third-order valence-electron chi connectivity index (χ3n) is 3.19. The molecule has 14 heavy (non-hydrogen) atoms. The minimum Gasteiger partial charge on any atom is -0.384 e. The molecule has 3 heteroatoms. The van der Waals surface area contributed by atoms with Crippen molar-refractivity contribution in [2.75, 3.05) is 13.2 Å². The summed E-state index contributed by atoms with van der Waals surface area (Å²) in [4.78, 5) is 0. The van der Waals surface area contributed by atoms with Gasteiger partial charge in [0.25, 0.3) is 0 Å². The molecule has 1 N–H and O–H groups in total. The molecule has 2 heterocycles. The molecule has 0 aromatic heterocycles. The van der Waals surface area contributed by atoms with E-state index in [0.717, 1.165) is 32.5 Å². The van der Waals surface area contributed by atoms with Gasteiger partial charge in [-0.05, 0) is 18.1 Å². The summed E-state index contributed by atoms with van der Waals surface area (Å²) in [5.74, 6) is -0.303. The van der Waals surface area contributed by atoms with Crippen LogP contribution in [0.3, 0.4) is 0 Å². The molecular weight excluding hydrogens is 178 g/mol. The lowest BCUT2D eigenvalue weighted by atomic mass is 9.84. The van der Waals surface area contributed by atoms with Crippen molar-refractivity contribution < 1.29 is 9.47 Å². The summed E-state index contributed by atoms with van der Waals surface area (Å²) in [6, 6.07) is 0.481. The quantitative estimate of drug-likeness (QED) is 0.624. The molecule has 1 radical (unpaired) electrons. The van der Waals surface area contributed by atoms with Gasteiger partial charge in [-0.1, -0.05) is 6.08 Å². The second-order valence-corrected chi connectivity index (χ2v) is 4.07. The van der Waals surface area contributed by atoms with E-state index in [1.54, 1.807) is 0 Å². The first-order valence-corrected chi connectivity index (χ1v) is 5.19. The van der Waals surface area contributed by atoms with Crippen LogP contribution in [0.4, 0.5) is 0 Å². The van der Waals surface area contributed by atoms with Gasteiger partial charge in [0, 0.05) is 25.1 Å². The highest BCUT2D eigenvalue weighted by molar-refractivity contribution is 5.23. The van der Waals surface area contributed by atoms with Crippen molar-refractivity contribution in [1.29, 1.82) is 0 Å². The Hall–Kier alpha value is -0.800. The minimum absolute atomic E-state index is 0.303. The van der Waals surface area contributed by atoms with Crippen LogP contribution in [0.15, 0.2) is 17.8 Å². The smallest absolute Gasteiger partial charge is 0.172 e. The van der Waals surface area contributed by atoms with Crippen LogP contribution in [0.2, 0.25) is 0 Å². The molecule has 3 nitrogen and oxygen atoms in total. The molecule has 0 aromatic carbocycles. The zero-order valence-electron chi connectivity index (χ0n) is 8.08. The normalized spacial score (nSPS) is 33.7. The monoisotopic (exact) mass is 192 g/mol. The maximum absolute atomic E-state index is 5.70. The average Bonchev–Trinajstić information content (AvgIpc) is 2.66. The number of ether oxygens (including phenoxy) is 2. The predicted octanol–water partition coefficient (Wildman–Crippen LogP) is 1.13. The Morgan fingerprint density at radius 1 is 1.43 bits per heavy atom. The van der Waals surface area contributed by atoms with E-state index in [4.69, 9.17) is 9.47 Å². The highest BCUT2D eigenvalue weighted by atomic mass is 16.7. The zero-order chi connectivity index (χ0) is 9.43. The summed E-state index contributed by atoms with van der Waals surface area (Å²) in [5, 5.41) is 3.31. The summed E-state index contributed by atoms with van der Waals surface area (Å²) in [6.07, 6.45) is 10.0. The lowest BCUT2D eigenvalue weighted by Crippen LogP contribution is -2.43. The Labute approximate surface area is 83.8 Å². The van der Waals surface area contributed by atoms with Crippen LogP contribution in [-0.2, 0) is 9.47 Å². The van der Waals surface area contributed by atoms with E-state index >= 15 is 0 Å². The number of allylic oxidation sites excluding steroid dienone is 2. The maximum Gasteiger partial charge on any atom is 0.172 e. The van der Waals surface area contributed by atoms with Crippen molar-refractivity contribution in [3.8, 4) is 0 Å². The molecule has 3 aliphatic rings. The van der Waals surface area contributed by atoms with Crippen molar-refractivity contribution in [3.63, 3.8) is 0 Å². The molecule has 2 aliphatic heterocycles. The van der Waals surface area contributed by atoms with Crippen molar-refractivity contribution in [2.45, 2.75) is 31.1 Å².